The molecule has 3 rings (SSSR count). The highest BCUT2D eigenvalue weighted by atomic mass is 32.1. The third-order valence-corrected chi connectivity index (χ3v) is 4.94. The third-order valence-electron chi connectivity index (χ3n) is 4.19. The second-order valence-electron chi connectivity index (χ2n) is 6.08. The highest BCUT2D eigenvalue weighted by Crippen LogP contribution is 2.31. The van der Waals surface area contributed by atoms with Gasteiger partial charge in [0, 0.05) is 31.6 Å². The van der Waals surface area contributed by atoms with Gasteiger partial charge in [-0.2, -0.15) is 0 Å². The van der Waals surface area contributed by atoms with Gasteiger partial charge in [-0.25, -0.2) is 4.98 Å². The minimum atomic E-state index is -0.400. The molecular formula is C18H24N6O4S. The van der Waals surface area contributed by atoms with Gasteiger partial charge in [-0.15, -0.1) is 11.3 Å². The van der Waals surface area contributed by atoms with Crippen LogP contribution < -0.4 is 36.1 Å². The Labute approximate surface area is 172 Å². The fourth-order valence-electron chi connectivity index (χ4n) is 2.80. The number of benzene rings is 1. The quantitative estimate of drug-likeness (QED) is 0.365. The molecule has 2 amide bonds. The standard InChI is InChI=1S/C18H24N6O4S/c1-27-13-5-3-4-11(14(13)28-2)15(25)24-18-23-12(10-29-18)16(26)19-6-7-20-17-21-8-9-22-17/h3-5,10,17,20-22H,6-9H2,1-2H3,(H,19,26)(H,23,24,25). The van der Waals surface area contributed by atoms with Gasteiger partial charge in [0.25, 0.3) is 11.8 Å². The van der Waals surface area contributed by atoms with Crippen LogP contribution in [0.25, 0.3) is 0 Å². The molecule has 156 valence electrons. The third kappa shape index (κ3) is 5.41. The first-order valence-electron chi connectivity index (χ1n) is 9.08. The molecule has 2 heterocycles. The van der Waals surface area contributed by atoms with E-state index < -0.39 is 5.91 Å². The topological polar surface area (TPSA) is 126 Å². The molecule has 1 aliphatic rings. The molecular weight excluding hydrogens is 396 g/mol. The highest BCUT2D eigenvalue weighted by Gasteiger charge is 2.18. The Hall–Kier alpha value is -2.73. The Bertz CT molecular complexity index is 853. The smallest absolute Gasteiger partial charge is 0.270 e. The van der Waals surface area contributed by atoms with E-state index in [0.29, 0.717) is 35.3 Å². The summed E-state index contributed by atoms with van der Waals surface area (Å²) >= 11 is 1.17. The van der Waals surface area contributed by atoms with Gasteiger partial charge in [0.1, 0.15) is 12.0 Å². The number of nitrogens with zero attached hydrogens (tertiary/aromatic N) is 1. The van der Waals surface area contributed by atoms with E-state index in [-0.39, 0.29) is 17.9 Å². The lowest BCUT2D eigenvalue weighted by Crippen LogP contribution is -2.47. The first-order chi connectivity index (χ1) is 14.1. The molecule has 29 heavy (non-hydrogen) atoms. The van der Waals surface area contributed by atoms with Gasteiger partial charge in [-0.05, 0) is 12.1 Å². The molecule has 1 aromatic carbocycles. The lowest BCUT2D eigenvalue weighted by molar-refractivity contribution is 0.0947. The van der Waals surface area contributed by atoms with Crippen molar-refractivity contribution in [3.05, 3.63) is 34.8 Å². The largest absolute Gasteiger partial charge is 0.493 e. The summed E-state index contributed by atoms with van der Waals surface area (Å²) in [6, 6.07) is 5.02. The average molecular weight is 420 g/mol. The van der Waals surface area contributed by atoms with Gasteiger partial charge in [-0.1, -0.05) is 6.07 Å². The predicted molar refractivity (Wildman–Crippen MR) is 110 cm³/mol. The van der Waals surface area contributed by atoms with E-state index in [1.54, 1.807) is 23.6 Å². The van der Waals surface area contributed by atoms with Crippen LogP contribution in [-0.2, 0) is 0 Å². The average Bonchev–Trinajstić information content (AvgIpc) is 3.42. The van der Waals surface area contributed by atoms with Crippen LogP contribution in [0.15, 0.2) is 23.6 Å². The van der Waals surface area contributed by atoms with Crippen LogP contribution in [0.3, 0.4) is 0 Å². The number of amides is 2. The van der Waals surface area contributed by atoms with Gasteiger partial charge in [0.2, 0.25) is 0 Å². The van der Waals surface area contributed by atoms with Gasteiger partial charge < -0.3 is 14.8 Å². The van der Waals surface area contributed by atoms with Crippen molar-refractivity contribution in [3.63, 3.8) is 0 Å². The highest BCUT2D eigenvalue weighted by molar-refractivity contribution is 7.14. The fourth-order valence-corrected chi connectivity index (χ4v) is 3.48. The summed E-state index contributed by atoms with van der Waals surface area (Å²) < 4.78 is 10.5. The maximum absolute atomic E-state index is 12.6. The van der Waals surface area contributed by atoms with E-state index in [1.165, 1.54) is 25.6 Å². The summed E-state index contributed by atoms with van der Waals surface area (Å²) in [7, 11) is 2.97. The minimum Gasteiger partial charge on any atom is -0.493 e. The second kappa shape index (κ2) is 10.2. The lowest BCUT2D eigenvalue weighted by Gasteiger charge is -2.13. The zero-order valence-corrected chi connectivity index (χ0v) is 17.0. The van der Waals surface area contributed by atoms with Gasteiger partial charge >= 0.3 is 0 Å². The van der Waals surface area contributed by atoms with Crippen molar-refractivity contribution < 1.29 is 19.1 Å². The van der Waals surface area contributed by atoms with Crippen molar-refractivity contribution in [1.29, 1.82) is 0 Å². The van der Waals surface area contributed by atoms with Crippen LogP contribution in [0.4, 0.5) is 5.13 Å². The molecule has 1 saturated heterocycles. The number of hydrogen-bond acceptors (Lipinski definition) is 9. The molecule has 0 spiro atoms. The fraction of sp³-hybridized carbons (Fsp3) is 0.389. The molecule has 0 atom stereocenters. The molecule has 0 radical (unpaired) electrons. The lowest BCUT2D eigenvalue weighted by atomic mass is 10.1. The van der Waals surface area contributed by atoms with E-state index in [1.807, 2.05) is 0 Å². The number of carbonyl (C=O) groups is 2. The van der Waals surface area contributed by atoms with E-state index >= 15 is 0 Å². The number of nitrogens with one attached hydrogen (secondary N) is 5. The number of thiazole rings is 1. The SMILES string of the molecule is COc1cccc(C(=O)Nc2nc(C(=O)NCCNC3NCCN3)cs2)c1OC. The van der Waals surface area contributed by atoms with E-state index in [2.05, 4.69) is 31.6 Å². The summed E-state index contributed by atoms with van der Waals surface area (Å²) in [5.41, 5.74) is 0.563. The Kier molecular flexibility index (Phi) is 7.36. The van der Waals surface area contributed by atoms with Gasteiger partial charge in [0.05, 0.1) is 19.8 Å². The molecule has 0 bridgehead atoms. The molecule has 1 aliphatic heterocycles. The van der Waals surface area contributed by atoms with Crippen LogP contribution in [0.2, 0.25) is 0 Å². The summed E-state index contributed by atoms with van der Waals surface area (Å²) in [6.45, 7) is 2.90. The summed E-state index contributed by atoms with van der Waals surface area (Å²) in [5, 5.41) is 17.1. The van der Waals surface area contributed by atoms with E-state index in [0.717, 1.165) is 13.1 Å². The number of hydrogen-bond donors (Lipinski definition) is 5. The number of methoxy groups -OCH3 is 2. The molecule has 11 heteroatoms. The zero-order valence-electron chi connectivity index (χ0n) is 16.2. The number of rotatable bonds is 9. The molecule has 1 fully saturated rings. The first kappa shape index (κ1) is 21.0. The maximum Gasteiger partial charge on any atom is 0.270 e. The van der Waals surface area contributed by atoms with Crippen LogP contribution in [0.5, 0.6) is 11.5 Å². The Balaban J connectivity index is 1.53. The van der Waals surface area contributed by atoms with Crippen LogP contribution in [-0.4, -0.2) is 63.5 Å². The molecule has 5 N–H and O–H groups in total. The summed E-state index contributed by atoms with van der Waals surface area (Å²) in [5.74, 6) is 0.0920. The Morgan fingerprint density at radius 2 is 1.97 bits per heavy atom. The molecule has 0 aliphatic carbocycles. The molecule has 1 aromatic heterocycles. The van der Waals surface area contributed by atoms with E-state index in [4.69, 9.17) is 9.47 Å². The van der Waals surface area contributed by atoms with Crippen molar-refractivity contribution in [3.8, 4) is 11.5 Å². The van der Waals surface area contributed by atoms with Gasteiger partial charge in [-0.3, -0.25) is 30.9 Å². The van der Waals surface area contributed by atoms with Crippen molar-refractivity contribution in [2.24, 2.45) is 0 Å². The minimum absolute atomic E-state index is 0.0709. The second-order valence-corrected chi connectivity index (χ2v) is 6.94. The van der Waals surface area contributed by atoms with E-state index in [9.17, 15) is 9.59 Å². The number of ether oxygens (including phenoxy) is 2. The number of para-hydroxylation sites is 1. The monoisotopic (exact) mass is 420 g/mol. The van der Waals surface area contributed by atoms with Crippen molar-refractivity contribution in [1.82, 2.24) is 26.3 Å². The number of aromatic nitrogens is 1. The Morgan fingerprint density at radius 3 is 2.69 bits per heavy atom. The number of carbonyl (C=O) groups excluding carboxylic acids is 2. The van der Waals surface area contributed by atoms with Crippen molar-refractivity contribution >= 4 is 28.3 Å². The summed E-state index contributed by atoms with van der Waals surface area (Å²) in [6.07, 6.45) is 0.0709. The Morgan fingerprint density at radius 1 is 1.17 bits per heavy atom. The van der Waals surface area contributed by atoms with Crippen LogP contribution >= 0.6 is 11.3 Å². The number of anilines is 1. The molecule has 2 aromatic rings. The summed E-state index contributed by atoms with van der Waals surface area (Å²) in [4.78, 5) is 29.0. The van der Waals surface area contributed by atoms with Crippen LogP contribution in [0, 0.1) is 0 Å². The normalized spacial score (nSPS) is 13.9. The van der Waals surface area contributed by atoms with Crippen molar-refractivity contribution in [2.45, 2.75) is 6.29 Å². The maximum atomic E-state index is 12.6. The molecule has 0 saturated carbocycles. The predicted octanol–water partition coefficient (Wildman–Crippen LogP) is 0.208. The zero-order chi connectivity index (χ0) is 20.6. The van der Waals surface area contributed by atoms with Crippen LogP contribution in [0.1, 0.15) is 20.8 Å². The van der Waals surface area contributed by atoms with Crippen molar-refractivity contribution in [2.75, 3.05) is 45.7 Å². The first-order valence-corrected chi connectivity index (χ1v) is 9.96. The molecule has 10 nitrogen and oxygen atoms in total. The molecule has 0 unspecified atom stereocenters. The van der Waals surface area contributed by atoms with Gasteiger partial charge in [0.15, 0.2) is 16.6 Å².